The molecule has 0 bridgehead atoms. The quantitative estimate of drug-likeness (QED) is 0.740. The molecule has 0 aromatic carbocycles. The molecular formula is C16H22N6O3. The lowest BCUT2D eigenvalue weighted by Crippen LogP contribution is -2.36. The molecule has 0 spiro atoms. The molecule has 25 heavy (non-hydrogen) atoms. The van der Waals surface area contributed by atoms with Crippen molar-refractivity contribution in [2.24, 2.45) is 7.05 Å². The molecule has 134 valence electrons. The van der Waals surface area contributed by atoms with Crippen molar-refractivity contribution in [3.63, 3.8) is 0 Å². The first-order valence-electron chi connectivity index (χ1n) is 8.11. The Morgan fingerprint density at radius 2 is 2.24 bits per heavy atom. The van der Waals surface area contributed by atoms with Crippen molar-refractivity contribution in [1.82, 2.24) is 24.2 Å². The van der Waals surface area contributed by atoms with Gasteiger partial charge in [0.1, 0.15) is 19.0 Å². The number of nitrogens with zero attached hydrogens (tertiary/aromatic N) is 6. The molecule has 3 heterocycles. The summed E-state index contributed by atoms with van der Waals surface area (Å²) in [5.41, 5.74) is -0.300. The maximum Gasteiger partial charge on any atom is 0.345 e. The van der Waals surface area contributed by atoms with Crippen molar-refractivity contribution in [3.8, 4) is 5.75 Å². The van der Waals surface area contributed by atoms with Crippen LogP contribution >= 0.6 is 0 Å². The number of hydrogen-bond donors (Lipinski definition) is 0. The predicted octanol–water partition coefficient (Wildman–Crippen LogP) is -0.277. The van der Waals surface area contributed by atoms with E-state index < -0.39 is 0 Å². The van der Waals surface area contributed by atoms with Crippen molar-refractivity contribution in [1.29, 1.82) is 0 Å². The third kappa shape index (κ3) is 3.65. The number of likely N-dealkylation sites (tertiary alicyclic amines) is 1. The highest BCUT2D eigenvalue weighted by atomic mass is 16.5. The number of rotatable bonds is 5. The van der Waals surface area contributed by atoms with Crippen LogP contribution in [0.4, 0.5) is 5.82 Å². The smallest absolute Gasteiger partial charge is 0.345 e. The van der Waals surface area contributed by atoms with Crippen LogP contribution in [0.25, 0.3) is 0 Å². The Morgan fingerprint density at radius 1 is 1.44 bits per heavy atom. The number of hydrogen-bond acceptors (Lipinski definition) is 6. The molecule has 0 N–H and O–H groups in total. The van der Waals surface area contributed by atoms with E-state index in [9.17, 15) is 9.59 Å². The second-order valence-electron chi connectivity index (χ2n) is 6.27. The summed E-state index contributed by atoms with van der Waals surface area (Å²) in [6, 6.07) is 3.70. The van der Waals surface area contributed by atoms with Crippen molar-refractivity contribution in [3.05, 3.63) is 35.1 Å². The monoisotopic (exact) mass is 346 g/mol. The minimum atomic E-state index is -0.300. The Hall–Kier alpha value is -2.84. The Morgan fingerprint density at radius 3 is 2.92 bits per heavy atom. The summed E-state index contributed by atoms with van der Waals surface area (Å²) in [7, 11) is 5.42. The molecule has 1 aliphatic heterocycles. The fraction of sp³-hybridized carbons (Fsp3) is 0.500. The van der Waals surface area contributed by atoms with Crippen LogP contribution in [0.3, 0.4) is 0 Å². The van der Waals surface area contributed by atoms with Gasteiger partial charge in [0.2, 0.25) is 5.91 Å². The zero-order valence-electron chi connectivity index (χ0n) is 14.6. The molecule has 2 aromatic rings. The number of pyridine rings is 1. The van der Waals surface area contributed by atoms with Crippen LogP contribution in [-0.2, 0) is 18.4 Å². The SMILES string of the molecule is CN(C)c1ncccc1O[C@H]1CCN(C(=O)Cn2ncn(C)c2=O)C1. The number of anilines is 1. The van der Waals surface area contributed by atoms with Gasteiger partial charge in [-0.2, -0.15) is 5.10 Å². The van der Waals surface area contributed by atoms with Gasteiger partial charge in [-0.15, -0.1) is 0 Å². The molecule has 1 saturated heterocycles. The van der Waals surface area contributed by atoms with E-state index in [0.29, 0.717) is 18.8 Å². The summed E-state index contributed by atoms with van der Waals surface area (Å²) in [6.45, 7) is 1.03. The highest BCUT2D eigenvalue weighted by Gasteiger charge is 2.29. The minimum absolute atomic E-state index is 0.0533. The zero-order chi connectivity index (χ0) is 18.0. The number of aryl methyl sites for hydroxylation is 1. The first-order chi connectivity index (χ1) is 12.0. The van der Waals surface area contributed by atoms with E-state index in [2.05, 4.69) is 10.1 Å². The second kappa shape index (κ2) is 6.96. The Labute approximate surface area is 145 Å². The topological polar surface area (TPSA) is 85.5 Å². The number of amides is 1. The first-order valence-corrected chi connectivity index (χ1v) is 8.11. The fourth-order valence-electron chi connectivity index (χ4n) is 2.80. The van der Waals surface area contributed by atoms with Gasteiger partial charge in [0.05, 0.1) is 6.54 Å². The molecule has 1 fully saturated rings. The van der Waals surface area contributed by atoms with E-state index in [1.807, 2.05) is 31.1 Å². The van der Waals surface area contributed by atoms with Gasteiger partial charge in [-0.25, -0.2) is 14.5 Å². The third-order valence-corrected chi connectivity index (χ3v) is 4.14. The highest BCUT2D eigenvalue weighted by Crippen LogP contribution is 2.26. The van der Waals surface area contributed by atoms with Gasteiger partial charge < -0.3 is 14.5 Å². The van der Waals surface area contributed by atoms with Crippen LogP contribution < -0.4 is 15.3 Å². The van der Waals surface area contributed by atoms with Crippen molar-refractivity contribution >= 4 is 11.7 Å². The molecule has 0 aliphatic carbocycles. The summed E-state index contributed by atoms with van der Waals surface area (Å²) in [6.07, 6.45) is 3.77. The second-order valence-corrected chi connectivity index (χ2v) is 6.27. The molecule has 0 unspecified atom stereocenters. The van der Waals surface area contributed by atoms with Gasteiger partial charge in [0.25, 0.3) is 0 Å². The molecule has 9 heteroatoms. The van der Waals surface area contributed by atoms with E-state index in [1.165, 1.54) is 15.6 Å². The standard InChI is InChI=1S/C16H22N6O3/c1-19(2)15-13(5-4-7-17-15)25-12-6-8-21(9-12)14(23)10-22-16(24)20(3)11-18-22/h4-5,7,11-12H,6,8-10H2,1-3H3/t12-/m0/s1. The van der Waals surface area contributed by atoms with Crippen molar-refractivity contribution < 1.29 is 9.53 Å². The van der Waals surface area contributed by atoms with Crippen LogP contribution in [0, 0.1) is 0 Å². The van der Waals surface area contributed by atoms with Crippen LogP contribution in [0.2, 0.25) is 0 Å². The molecule has 0 saturated carbocycles. The molecule has 9 nitrogen and oxygen atoms in total. The molecule has 1 atom stereocenters. The summed E-state index contributed by atoms with van der Waals surface area (Å²) in [5, 5.41) is 3.92. The Kier molecular flexibility index (Phi) is 4.73. The molecule has 1 amide bonds. The summed E-state index contributed by atoms with van der Waals surface area (Å²) >= 11 is 0. The maximum atomic E-state index is 12.4. The Balaban J connectivity index is 1.61. The van der Waals surface area contributed by atoms with Gasteiger partial charge in [-0.05, 0) is 12.1 Å². The summed E-state index contributed by atoms with van der Waals surface area (Å²) < 4.78 is 8.55. The fourth-order valence-corrected chi connectivity index (χ4v) is 2.80. The lowest BCUT2D eigenvalue weighted by atomic mass is 10.3. The lowest BCUT2D eigenvalue weighted by molar-refractivity contribution is -0.131. The molecule has 1 aliphatic rings. The van der Waals surface area contributed by atoms with Crippen LogP contribution in [0.5, 0.6) is 5.75 Å². The number of ether oxygens (including phenoxy) is 1. The van der Waals surface area contributed by atoms with E-state index >= 15 is 0 Å². The average molecular weight is 346 g/mol. The van der Waals surface area contributed by atoms with Gasteiger partial charge in [0.15, 0.2) is 11.6 Å². The first kappa shape index (κ1) is 17.0. The summed E-state index contributed by atoms with van der Waals surface area (Å²) in [4.78, 5) is 32.1. The molecule has 0 radical (unpaired) electrons. The number of carbonyl (C=O) groups is 1. The van der Waals surface area contributed by atoms with Crippen LogP contribution in [0.1, 0.15) is 6.42 Å². The normalized spacial score (nSPS) is 16.9. The summed E-state index contributed by atoms with van der Waals surface area (Å²) in [5.74, 6) is 1.32. The van der Waals surface area contributed by atoms with E-state index in [0.717, 1.165) is 12.2 Å². The van der Waals surface area contributed by atoms with E-state index in [-0.39, 0.29) is 24.2 Å². The molecule has 3 rings (SSSR count). The molecular weight excluding hydrogens is 324 g/mol. The maximum absolute atomic E-state index is 12.4. The van der Waals surface area contributed by atoms with Gasteiger partial charge in [0, 0.05) is 40.3 Å². The van der Waals surface area contributed by atoms with Crippen LogP contribution in [0.15, 0.2) is 29.5 Å². The largest absolute Gasteiger partial charge is 0.485 e. The zero-order valence-corrected chi connectivity index (χ0v) is 14.6. The van der Waals surface area contributed by atoms with Gasteiger partial charge >= 0.3 is 5.69 Å². The van der Waals surface area contributed by atoms with Crippen LogP contribution in [-0.4, -0.2) is 63.4 Å². The number of aromatic nitrogens is 4. The molecule has 2 aromatic heterocycles. The predicted molar refractivity (Wildman–Crippen MR) is 91.6 cm³/mol. The average Bonchev–Trinajstić information content (AvgIpc) is 3.17. The van der Waals surface area contributed by atoms with Crippen molar-refractivity contribution in [2.45, 2.75) is 19.1 Å². The lowest BCUT2D eigenvalue weighted by Gasteiger charge is -2.20. The van der Waals surface area contributed by atoms with E-state index in [1.54, 1.807) is 18.1 Å². The van der Waals surface area contributed by atoms with Gasteiger partial charge in [-0.1, -0.05) is 0 Å². The van der Waals surface area contributed by atoms with Crippen molar-refractivity contribution in [2.75, 3.05) is 32.1 Å². The third-order valence-electron chi connectivity index (χ3n) is 4.14. The van der Waals surface area contributed by atoms with Gasteiger partial charge in [-0.3, -0.25) is 9.36 Å². The Bertz CT molecular complexity index is 812. The highest BCUT2D eigenvalue weighted by molar-refractivity contribution is 5.76. The number of carbonyl (C=O) groups excluding carboxylic acids is 1. The van der Waals surface area contributed by atoms with E-state index in [4.69, 9.17) is 4.74 Å². The minimum Gasteiger partial charge on any atom is -0.485 e.